The second-order valence-electron chi connectivity index (χ2n) is 6.08. The van der Waals surface area contributed by atoms with Crippen molar-refractivity contribution >= 4 is 23.1 Å². The van der Waals surface area contributed by atoms with Gasteiger partial charge >= 0.3 is 0 Å². The molecule has 5 nitrogen and oxygen atoms in total. The van der Waals surface area contributed by atoms with Gasteiger partial charge in [0, 0.05) is 17.9 Å². The van der Waals surface area contributed by atoms with E-state index in [1.807, 2.05) is 48.5 Å². The zero-order valence-corrected chi connectivity index (χ0v) is 15.3. The molecule has 4 rings (SSSR count). The molecule has 0 aliphatic carbocycles. The fraction of sp³-hybridized carbons (Fsp3) is 0.200. The quantitative estimate of drug-likeness (QED) is 0.748. The molecular weight excluding hydrogens is 348 g/mol. The van der Waals surface area contributed by atoms with E-state index in [2.05, 4.69) is 9.69 Å². The van der Waals surface area contributed by atoms with Gasteiger partial charge in [-0.25, -0.2) is 0 Å². The lowest BCUT2D eigenvalue weighted by Crippen LogP contribution is -2.22. The minimum Gasteiger partial charge on any atom is -0.497 e. The summed E-state index contributed by atoms with van der Waals surface area (Å²) in [5, 5.41) is 3.01. The smallest absolute Gasteiger partial charge is 0.225 e. The molecular formula is C20H18N2O3S. The van der Waals surface area contributed by atoms with Gasteiger partial charge in [0.1, 0.15) is 17.2 Å². The number of methoxy groups -OCH3 is 2. The summed E-state index contributed by atoms with van der Waals surface area (Å²) in [6.45, 7) is 0. The number of nitrogens with zero attached hydrogens (tertiary/aromatic N) is 1. The van der Waals surface area contributed by atoms with Gasteiger partial charge in [-0.3, -0.25) is 4.79 Å². The Morgan fingerprint density at radius 2 is 1.62 bits per heavy atom. The molecule has 0 radical (unpaired) electrons. The molecule has 2 aromatic carbocycles. The number of aromatic nitrogens is 1. The van der Waals surface area contributed by atoms with Crippen LogP contribution in [-0.2, 0) is 4.79 Å². The first-order valence-corrected chi connectivity index (χ1v) is 9.04. The third kappa shape index (κ3) is 2.93. The number of hydrogen-bond donors (Lipinski definition) is 1. The van der Waals surface area contributed by atoms with E-state index in [0.29, 0.717) is 6.42 Å². The van der Waals surface area contributed by atoms with E-state index in [1.165, 1.54) is 11.5 Å². The molecule has 1 aliphatic heterocycles. The lowest BCUT2D eigenvalue weighted by molar-refractivity contribution is -0.116. The number of anilines is 1. The lowest BCUT2D eigenvalue weighted by Gasteiger charge is -2.23. The number of rotatable bonds is 4. The van der Waals surface area contributed by atoms with E-state index in [9.17, 15) is 4.79 Å². The van der Waals surface area contributed by atoms with E-state index >= 15 is 0 Å². The van der Waals surface area contributed by atoms with Gasteiger partial charge in [-0.15, -0.1) is 0 Å². The van der Waals surface area contributed by atoms with Crippen molar-refractivity contribution in [2.75, 3.05) is 19.5 Å². The van der Waals surface area contributed by atoms with Crippen LogP contribution < -0.4 is 14.8 Å². The molecule has 0 saturated carbocycles. The Hall–Kier alpha value is -2.86. The van der Waals surface area contributed by atoms with Gasteiger partial charge in [0.2, 0.25) is 5.91 Å². The minimum atomic E-state index is 0.00767. The van der Waals surface area contributed by atoms with E-state index in [4.69, 9.17) is 9.47 Å². The van der Waals surface area contributed by atoms with Crippen molar-refractivity contribution in [1.29, 1.82) is 0 Å². The molecule has 1 amide bonds. The summed E-state index contributed by atoms with van der Waals surface area (Å²) in [6, 6.07) is 15.6. The Bertz CT molecular complexity index is 933. The molecule has 0 spiro atoms. The lowest BCUT2D eigenvalue weighted by atomic mass is 9.89. The van der Waals surface area contributed by atoms with Crippen LogP contribution in [0.15, 0.2) is 48.5 Å². The second-order valence-corrected chi connectivity index (χ2v) is 6.88. The zero-order chi connectivity index (χ0) is 18.1. The highest BCUT2D eigenvalue weighted by molar-refractivity contribution is 7.07. The average molecular weight is 366 g/mol. The maximum atomic E-state index is 12.3. The van der Waals surface area contributed by atoms with Gasteiger partial charge in [0.05, 0.1) is 24.8 Å². The number of amides is 1. The third-order valence-corrected chi connectivity index (χ3v) is 5.53. The minimum absolute atomic E-state index is 0.00767. The summed E-state index contributed by atoms with van der Waals surface area (Å²) in [7, 11) is 3.28. The van der Waals surface area contributed by atoms with E-state index in [1.54, 1.807) is 14.2 Å². The summed E-state index contributed by atoms with van der Waals surface area (Å²) >= 11 is 1.44. The van der Waals surface area contributed by atoms with Crippen molar-refractivity contribution in [2.24, 2.45) is 0 Å². The van der Waals surface area contributed by atoms with E-state index < -0.39 is 0 Å². The number of hydrogen-bond acceptors (Lipinski definition) is 5. The fourth-order valence-corrected chi connectivity index (χ4v) is 4.15. The Morgan fingerprint density at radius 1 is 1.00 bits per heavy atom. The Kier molecular flexibility index (Phi) is 4.34. The second kappa shape index (κ2) is 6.80. The number of ether oxygens (including phenoxy) is 2. The van der Waals surface area contributed by atoms with Crippen LogP contribution in [0.3, 0.4) is 0 Å². The molecule has 0 bridgehead atoms. The molecule has 132 valence electrons. The fourth-order valence-electron chi connectivity index (χ4n) is 3.18. The standard InChI is InChI=1S/C20H18N2O3S/c1-24-14-7-3-12(4-8-14)16-11-17(23)21-19-18(22-26-20(16)19)13-5-9-15(25-2)10-6-13/h3-10,16H,11H2,1-2H3,(H,21,23)/t16-/m0/s1. The SMILES string of the molecule is COc1ccc(-c2nsc3c2NC(=O)C[C@H]3c2ccc(OC)cc2)cc1. The monoisotopic (exact) mass is 366 g/mol. The summed E-state index contributed by atoms with van der Waals surface area (Å²) in [4.78, 5) is 13.4. The molecule has 2 heterocycles. The van der Waals surface area contributed by atoms with Crippen molar-refractivity contribution in [3.63, 3.8) is 0 Å². The number of fused-ring (bicyclic) bond motifs is 1. The maximum Gasteiger partial charge on any atom is 0.225 e. The molecule has 0 fully saturated rings. The van der Waals surface area contributed by atoms with Crippen LogP contribution in [0.1, 0.15) is 22.8 Å². The summed E-state index contributed by atoms with van der Waals surface area (Å²) < 4.78 is 15.1. The van der Waals surface area contributed by atoms with Crippen molar-refractivity contribution in [3.05, 3.63) is 59.0 Å². The molecule has 0 unspecified atom stereocenters. The number of benzene rings is 2. The van der Waals surface area contributed by atoms with Gasteiger partial charge in [0.25, 0.3) is 0 Å². The molecule has 6 heteroatoms. The Labute approximate surface area is 155 Å². The highest BCUT2D eigenvalue weighted by atomic mass is 32.1. The molecule has 1 aliphatic rings. The van der Waals surface area contributed by atoms with Crippen LogP contribution in [0, 0.1) is 0 Å². The first kappa shape index (κ1) is 16.6. The summed E-state index contributed by atoms with van der Waals surface area (Å²) in [5.41, 5.74) is 3.67. The highest BCUT2D eigenvalue weighted by Gasteiger charge is 2.31. The first-order chi connectivity index (χ1) is 12.7. The van der Waals surface area contributed by atoms with Gasteiger partial charge < -0.3 is 14.8 Å². The van der Waals surface area contributed by atoms with Crippen molar-refractivity contribution in [3.8, 4) is 22.8 Å². The van der Waals surface area contributed by atoms with Crippen molar-refractivity contribution < 1.29 is 14.3 Å². The van der Waals surface area contributed by atoms with Crippen LogP contribution in [0.4, 0.5) is 5.69 Å². The van der Waals surface area contributed by atoms with Crippen LogP contribution in [-0.4, -0.2) is 24.5 Å². The maximum absolute atomic E-state index is 12.3. The summed E-state index contributed by atoms with van der Waals surface area (Å²) in [6.07, 6.45) is 0.420. The van der Waals surface area contributed by atoms with Gasteiger partial charge in [-0.2, -0.15) is 4.37 Å². The molecule has 3 aromatic rings. The predicted molar refractivity (Wildman–Crippen MR) is 102 cm³/mol. The topological polar surface area (TPSA) is 60.5 Å². The molecule has 0 saturated heterocycles. The van der Waals surface area contributed by atoms with Gasteiger partial charge in [0.15, 0.2) is 0 Å². The number of carbonyl (C=O) groups is 1. The van der Waals surface area contributed by atoms with Gasteiger partial charge in [-0.05, 0) is 53.5 Å². The Balaban J connectivity index is 1.74. The molecule has 26 heavy (non-hydrogen) atoms. The highest BCUT2D eigenvalue weighted by Crippen LogP contribution is 2.45. The van der Waals surface area contributed by atoms with Gasteiger partial charge in [-0.1, -0.05) is 12.1 Å². The molecule has 1 N–H and O–H groups in total. The van der Waals surface area contributed by atoms with Crippen molar-refractivity contribution in [1.82, 2.24) is 4.37 Å². The van der Waals surface area contributed by atoms with Crippen LogP contribution in [0.5, 0.6) is 11.5 Å². The van der Waals surface area contributed by atoms with E-state index in [0.717, 1.165) is 38.9 Å². The Morgan fingerprint density at radius 3 is 2.23 bits per heavy atom. The average Bonchev–Trinajstić information content (AvgIpc) is 3.11. The van der Waals surface area contributed by atoms with E-state index in [-0.39, 0.29) is 11.8 Å². The first-order valence-electron chi connectivity index (χ1n) is 8.27. The molecule has 1 atom stereocenters. The largest absolute Gasteiger partial charge is 0.497 e. The number of nitrogens with one attached hydrogen (secondary N) is 1. The predicted octanol–water partition coefficient (Wildman–Crippen LogP) is 4.30. The van der Waals surface area contributed by atoms with Crippen molar-refractivity contribution in [2.45, 2.75) is 12.3 Å². The summed E-state index contributed by atoms with van der Waals surface area (Å²) in [5.74, 6) is 1.61. The third-order valence-electron chi connectivity index (χ3n) is 4.57. The molecule has 1 aromatic heterocycles. The number of carbonyl (C=O) groups excluding carboxylic acids is 1. The normalized spacial score (nSPS) is 15.9. The zero-order valence-electron chi connectivity index (χ0n) is 14.5. The van der Waals surface area contributed by atoms with Crippen LogP contribution in [0.2, 0.25) is 0 Å². The van der Waals surface area contributed by atoms with Crippen LogP contribution in [0.25, 0.3) is 11.3 Å². The van der Waals surface area contributed by atoms with Crippen LogP contribution >= 0.6 is 11.5 Å².